The molecule has 82 heavy (non-hydrogen) atoms. The number of carbonyl (C=O) groups is 1. The molecule has 2 fully saturated rings. The van der Waals surface area contributed by atoms with Crippen molar-refractivity contribution < 1.29 is 64.6 Å². The van der Waals surface area contributed by atoms with E-state index in [-0.39, 0.29) is 18.9 Å². The lowest BCUT2D eigenvalue weighted by atomic mass is 9.97. The van der Waals surface area contributed by atoms with Crippen LogP contribution >= 0.6 is 0 Å². The van der Waals surface area contributed by atoms with E-state index in [0.29, 0.717) is 12.8 Å². The van der Waals surface area contributed by atoms with Crippen LogP contribution in [0.25, 0.3) is 0 Å². The van der Waals surface area contributed by atoms with Crippen LogP contribution in [0.2, 0.25) is 0 Å². The molecule has 9 N–H and O–H groups in total. The Morgan fingerprint density at radius 1 is 0.451 bits per heavy atom. The van der Waals surface area contributed by atoms with Gasteiger partial charge < -0.3 is 65.1 Å². The second-order valence-electron chi connectivity index (χ2n) is 22.5. The fraction of sp³-hybridized carbons (Fsp3) is 0.750. The first-order valence-electron chi connectivity index (χ1n) is 32.5. The summed E-state index contributed by atoms with van der Waals surface area (Å²) in [6.07, 6.45) is 55.4. The second-order valence-corrected chi connectivity index (χ2v) is 22.5. The van der Waals surface area contributed by atoms with Crippen molar-refractivity contribution in [2.24, 2.45) is 0 Å². The first kappa shape index (κ1) is 75.0. The number of carbonyl (C=O) groups excluding carboxylic acids is 1. The van der Waals surface area contributed by atoms with Gasteiger partial charge in [0.1, 0.15) is 48.8 Å². The van der Waals surface area contributed by atoms with Crippen molar-refractivity contribution in [3.05, 3.63) is 97.2 Å². The third kappa shape index (κ3) is 36.7. The lowest BCUT2D eigenvalue weighted by molar-refractivity contribution is -0.359. The minimum atomic E-state index is -1.79. The molecule has 0 aromatic rings. The van der Waals surface area contributed by atoms with Crippen molar-refractivity contribution in [1.29, 1.82) is 0 Å². The summed E-state index contributed by atoms with van der Waals surface area (Å²) in [7, 11) is 0. The van der Waals surface area contributed by atoms with Crippen molar-refractivity contribution >= 4 is 5.91 Å². The Bertz CT molecular complexity index is 1740. The maximum Gasteiger partial charge on any atom is 0.220 e. The molecule has 14 nitrogen and oxygen atoms in total. The SMILES string of the molecule is CC/C=C\C/C=C\C/C=C\C/C=C\C/C=C\C/C=C\C/C=C\C/C=C\CCCCCCCCC(=O)NC(COC1OC(CO)C(OC2OC(CO)C(O)C(O)C2O)C(O)C1O)C(O)CCCCCCCCCCCCCCCCCCC. The van der Waals surface area contributed by atoms with Crippen LogP contribution < -0.4 is 5.32 Å². The van der Waals surface area contributed by atoms with Gasteiger partial charge in [-0.3, -0.25) is 4.79 Å². The monoisotopic (exact) mass is 1160 g/mol. The number of hydrogen-bond donors (Lipinski definition) is 9. The van der Waals surface area contributed by atoms with E-state index in [4.69, 9.17) is 18.9 Å². The van der Waals surface area contributed by atoms with Crippen molar-refractivity contribution in [3.63, 3.8) is 0 Å². The van der Waals surface area contributed by atoms with Gasteiger partial charge in [0.15, 0.2) is 12.6 Å². The molecular weight excluding hydrogens is 1040 g/mol. The summed E-state index contributed by atoms with van der Waals surface area (Å²) in [6, 6.07) is -0.844. The van der Waals surface area contributed by atoms with Gasteiger partial charge in [-0.1, -0.05) is 246 Å². The summed E-state index contributed by atoms with van der Waals surface area (Å²) in [5.74, 6) is -0.224. The fourth-order valence-corrected chi connectivity index (χ4v) is 10.1. The van der Waals surface area contributed by atoms with Crippen LogP contribution in [-0.2, 0) is 23.7 Å². The summed E-state index contributed by atoms with van der Waals surface area (Å²) in [5, 5.41) is 87.4. The summed E-state index contributed by atoms with van der Waals surface area (Å²) >= 11 is 0. The van der Waals surface area contributed by atoms with Gasteiger partial charge in [0.25, 0.3) is 0 Å². The predicted octanol–water partition coefficient (Wildman–Crippen LogP) is 12.2. The van der Waals surface area contributed by atoms with Crippen molar-refractivity contribution in [3.8, 4) is 0 Å². The van der Waals surface area contributed by atoms with Gasteiger partial charge >= 0.3 is 0 Å². The van der Waals surface area contributed by atoms with E-state index in [0.717, 1.165) is 116 Å². The Hall–Kier alpha value is -3.09. The molecule has 12 unspecified atom stereocenters. The molecule has 2 rings (SSSR count). The Morgan fingerprint density at radius 3 is 1.29 bits per heavy atom. The topological polar surface area (TPSA) is 228 Å². The summed E-state index contributed by atoms with van der Waals surface area (Å²) in [6.45, 7) is 2.74. The Morgan fingerprint density at radius 2 is 0.841 bits per heavy atom. The number of allylic oxidation sites excluding steroid dienone is 16. The largest absolute Gasteiger partial charge is 0.394 e. The minimum absolute atomic E-state index is 0.224. The van der Waals surface area contributed by atoms with E-state index in [1.54, 1.807) is 0 Å². The summed E-state index contributed by atoms with van der Waals surface area (Å²) < 4.78 is 22.9. The van der Waals surface area contributed by atoms with Gasteiger partial charge in [-0.15, -0.1) is 0 Å². The van der Waals surface area contributed by atoms with Crippen LogP contribution in [0.1, 0.15) is 232 Å². The Kier molecular flexibility index (Phi) is 47.8. The molecule has 0 bridgehead atoms. The van der Waals surface area contributed by atoms with Gasteiger partial charge in [-0.05, 0) is 77.0 Å². The second kappa shape index (κ2) is 52.3. The molecule has 1 amide bonds. The fourth-order valence-electron chi connectivity index (χ4n) is 10.1. The molecule has 2 saturated heterocycles. The number of nitrogens with one attached hydrogen (secondary N) is 1. The highest BCUT2D eigenvalue weighted by Crippen LogP contribution is 2.30. The smallest absolute Gasteiger partial charge is 0.220 e. The molecule has 2 aliphatic rings. The number of hydrogen-bond acceptors (Lipinski definition) is 13. The first-order chi connectivity index (χ1) is 40.1. The molecule has 0 aliphatic carbocycles. The van der Waals surface area contributed by atoms with Crippen LogP contribution in [0.15, 0.2) is 97.2 Å². The molecule has 0 aromatic heterocycles. The zero-order valence-corrected chi connectivity index (χ0v) is 50.9. The predicted molar refractivity (Wildman–Crippen MR) is 332 cm³/mol. The van der Waals surface area contributed by atoms with Crippen LogP contribution in [0.3, 0.4) is 0 Å². The van der Waals surface area contributed by atoms with Crippen LogP contribution in [-0.4, -0.2) is 140 Å². The molecular formula is C68H117NO13. The molecule has 472 valence electrons. The Balaban J connectivity index is 1.71. The molecule has 0 saturated carbocycles. The van der Waals surface area contributed by atoms with E-state index >= 15 is 0 Å². The van der Waals surface area contributed by atoms with Crippen molar-refractivity contribution in [2.45, 2.75) is 306 Å². The molecule has 0 spiro atoms. The highest BCUT2D eigenvalue weighted by Gasteiger charge is 2.51. The average molecular weight is 1160 g/mol. The van der Waals surface area contributed by atoms with Crippen LogP contribution in [0, 0.1) is 0 Å². The van der Waals surface area contributed by atoms with E-state index in [2.05, 4.69) is 116 Å². The lowest BCUT2D eigenvalue weighted by Crippen LogP contribution is -2.65. The molecule has 0 aromatic carbocycles. The zero-order valence-electron chi connectivity index (χ0n) is 50.9. The highest BCUT2D eigenvalue weighted by atomic mass is 16.7. The van der Waals surface area contributed by atoms with Gasteiger partial charge in [0, 0.05) is 6.42 Å². The third-order valence-electron chi connectivity index (χ3n) is 15.3. The van der Waals surface area contributed by atoms with E-state index in [1.807, 2.05) is 0 Å². The van der Waals surface area contributed by atoms with Gasteiger partial charge in [-0.25, -0.2) is 0 Å². The number of aliphatic hydroxyl groups is 8. The third-order valence-corrected chi connectivity index (χ3v) is 15.3. The number of unbranched alkanes of at least 4 members (excludes halogenated alkanes) is 22. The molecule has 0 radical (unpaired) electrons. The van der Waals surface area contributed by atoms with E-state index in [9.17, 15) is 45.6 Å². The van der Waals surface area contributed by atoms with Crippen LogP contribution in [0.4, 0.5) is 0 Å². The summed E-state index contributed by atoms with van der Waals surface area (Å²) in [5.41, 5.74) is 0. The number of aliphatic hydroxyl groups excluding tert-OH is 8. The highest BCUT2D eigenvalue weighted by molar-refractivity contribution is 5.76. The molecule has 2 aliphatic heterocycles. The molecule has 14 heteroatoms. The van der Waals surface area contributed by atoms with Crippen molar-refractivity contribution in [2.75, 3.05) is 19.8 Å². The number of rotatable bonds is 51. The maximum absolute atomic E-state index is 13.3. The normalized spacial score (nSPS) is 24.6. The quantitative estimate of drug-likeness (QED) is 0.0204. The van der Waals surface area contributed by atoms with Crippen molar-refractivity contribution in [1.82, 2.24) is 5.32 Å². The van der Waals surface area contributed by atoms with E-state index < -0.39 is 86.8 Å². The molecule has 12 atom stereocenters. The summed E-state index contributed by atoms with van der Waals surface area (Å²) in [4.78, 5) is 13.3. The Labute approximate surface area is 496 Å². The first-order valence-corrected chi connectivity index (χ1v) is 32.5. The van der Waals surface area contributed by atoms with Gasteiger partial charge in [-0.2, -0.15) is 0 Å². The lowest BCUT2D eigenvalue weighted by Gasteiger charge is -2.46. The zero-order chi connectivity index (χ0) is 59.5. The molecule has 2 heterocycles. The average Bonchev–Trinajstić information content (AvgIpc) is 3.52. The number of ether oxygens (including phenoxy) is 4. The van der Waals surface area contributed by atoms with Gasteiger partial charge in [0.2, 0.25) is 5.91 Å². The minimum Gasteiger partial charge on any atom is -0.394 e. The van der Waals surface area contributed by atoms with Crippen LogP contribution in [0.5, 0.6) is 0 Å². The van der Waals surface area contributed by atoms with E-state index in [1.165, 1.54) is 83.5 Å². The van der Waals surface area contributed by atoms with Gasteiger partial charge in [0.05, 0.1) is 32.0 Å². The number of amides is 1. The standard InChI is InChI=1S/C68H117NO13/c1-3-5-7-9-11-13-15-17-19-21-22-23-24-25-26-27-28-29-30-31-32-33-34-36-38-40-42-44-46-48-50-52-60(73)69-56(57(72)51-49-47-45-43-41-39-37-35-20-18-16-14-12-10-8-6-4-2)55-79-67-65(78)63(76)66(59(54-71)81-67)82-68-64(77)62(75)61(74)58(53-70)80-68/h5,7,11,13,17,19,22-23,25-26,28-29,31-32,34,36,56-59,61-68,70-72,74-78H,3-4,6,8-10,12,14-16,18,20-21,24,27,30,33,35,37-55H2,1-2H3,(H,69,73)/b7-5-,13-11-,19-17-,23-22-,26-25-,29-28-,32-31-,36-34-. The maximum atomic E-state index is 13.3.